The number of carbonyl (C=O) groups is 2. The van der Waals surface area contributed by atoms with Crippen molar-refractivity contribution in [3.8, 4) is 0 Å². The summed E-state index contributed by atoms with van der Waals surface area (Å²) < 4.78 is 0. The lowest BCUT2D eigenvalue weighted by Gasteiger charge is -2.20. The number of aromatic nitrogens is 2. The lowest BCUT2D eigenvalue weighted by Crippen LogP contribution is -2.49. The first-order valence-corrected chi connectivity index (χ1v) is 3.98. The van der Waals surface area contributed by atoms with E-state index in [1.165, 1.54) is 26.2 Å². The van der Waals surface area contributed by atoms with Crippen LogP contribution in [-0.2, 0) is 4.79 Å². The Morgan fingerprint density at radius 1 is 1.57 bits per heavy atom. The number of rotatable bonds is 3. The van der Waals surface area contributed by atoms with E-state index in [-0.39, 0.29) is 0 Å². The van der Waals surface area contributed by atoms with Crippen molar-refractivity contribution in [3.05, 3.63) is 18.0 Å². The Morgan fingerprint density at radius 2 is 2.21 bits per heavy atom. The van der Waals surface area contributed by atoms with Gasteiger partial charge in [-0.15, -0.1) is 0 Å². The first-order chi connectivity index (χ1) is 6.43. The van der Waals surface area contributed by atoms with Gasteiger partial charge >= 0.3 is 5.97 Å². The van der Waals surface area contributed by atoms with E-state index in [4.69, 9.17) is 5.11 Å². The second-order valence-corrected chi connectivity index (χ2v) is 3.37. The number of H-pyrrole nitrogens is 1. The quantitative estimate of drug-likeness (QED) is 0.635. The molecule has 0 atom stereocenters. The van der Waals surface area contributed by atoms with Gasteiger partial charge in [-0.2, -0.15) is 5.10 Å². The second-order valence-electron chi connectivity index (χ2n) is 3.37. The Balaban J connectivity index is 2.71. The molecule has 1 heterocycles. The number of amides is 1. The number of carbonyl (C=O) groups excluding carboxylic acids is 1. The highest BCUT2D eigenvalue weighted by Crippen LogP contribution is 2.04. The van der Waals surface area contributed by atoms with Crippen LogP contribution in [0.2, 0.25) is 0 Å². The van der Waals surface area contributed by atoms with E-state index < -0.39 is 17.4 Å². The fraction of sp³-hybridized carbons (Fsp3) is 0.375. The maximum absolute atomic E-state index is 11.4. The number of hydrogen-bond donors (Lipinski definition) is 3. The summed E-state index contributed by atoms with van der Waals surface area (Å²) >= 11 is 0. The number of nitrogens with one attached hydrogen (secondary N) is 2. The SMILES string of the molecule is CC(C)(NC(=O)c1cn[nH]c1)C(=O)O. The summed E-state index contributed by atoms with van der Waals surface area (Å²) in [6.45, 7) is 2.82. The van der Waals surface area contributed by atoms with Crippen LogP contribution in [0.3, 0.4) is 0 Å². The van der Waals surface area contributed by atoms with E-state index >= 15 is 0 Å². The van der Waals surface area contributed by atoms with Gasteiger partial charge in [0.2, 0.25) is 0 Å². The molecule has 76 valence electrons. The van der Waals surface area contributed by atoms with E-state index in [0.29, 0.717) is 5.56 Å². The topological polar surface area (TPSA) is 95.1 Å². The Bertz CT molecular complexity index is 343. The Kier molecular flexibility index (Phi) is 2.55. The Morgan fingerprint density at radius 3 is 2.64 bits per heavy atom. The standard InChI is InChI=1S/C8H11N3O3/c1-8(2,7(13)14)11-6(12)5-3-9-10-4-5/h3-4H,1-2H3,(H,9,10)(H,11,12)(H,13,14). The molecule has 1 aromatic heterocycles. The fourth-order valence-electron chi connectivity index (χ4n) is 0.785. The molecule has 0 aliphatic carbocycles. The van der Waals surface area contributed by atoms with E-state index in [1.807, 2.05) is 0 Å². The number of nitrogens with zero attached hydrogens (tertiary/aromatic N) is 1. The number of carboxylic acids is 1. The summed E-state index contributed by atoms with van der Waals surface area (Å²) in [6.07, 6.45) is 2.72. The molecule has 0 aliphatic heterocycles. The average molecular weight is 197 g/mol. The van der Waals surface area contributed by atoms with Crippen molar-refractivity contribution >= 4 is 11.9 Å². The third kappa shape index (κ3) is 2.09. The van der Waals surface area contributed by atoms with Gasteiger partial charge in [0.05, 0.1) is 11.8 Å². The average Bonchev–Trinajstić information content (AvgIpc) is 2.54. The molecule has 0 aliphatic rings. The third-order valence-corrected chi connectivity index (χ3v) is 1.72. The minimum absolute atomic E-state index is 0.305. The molecular weight excluding hydrogens is 186 g/mol. The zero-order valence-electron chi connectivity index (χ0n) is 7.87. The third-order valence-electron chi connectivity index (χ3n) is 1.72. The van der Waals surface area contributed by atoms with E-state index in [1.54, 1.807) is 0 Å². The van der Waals surface area contributed by atoms with E-state index in [0.717, 1.165) is 0 Å². The molecule has 1 aromatic rings. The highest BCUT2D eigenvalue weighted by Gasteiger charge is 2.29. The molecule has 6 heteroatoms. The van der Waals surface area contributed by atoms with Gasteiger partial charge in [-0.1, -0.05) is 0 Å². The van der Waals surface area contributed by atoms with E-state index in [9.17, 15) is 9.59 Å². The minimum atomic E-state index is -1.28. The van der Waals surface area contributed by atoms with Gasteiger partial charge in [-0.05, 0) is 13.8 Å². The van der Waals surface area contributed by atoms with Crippen LogP contribution >= 0.6 is 0 Å². The molecule has 0 bridgehead atoms. The van der Waals surface area contributed by atoms with Crippen molar-refractivity contribution in [1.29, 1.82) is 0 Å². The van der Waals surface area contributed by atoms with Gasteiger partial charge in [0.1, 0.15) is 5.54 Å². The number of aliphatic carboxylic acids is 1. The largest absolute Gasteiger partial charge is 0.480 e. The summed E-state index contributed by atoms with van der Waals surface area (Å²) in [6, 6.07) is 0. The van der Waals surface area contributed by atoms with Crippen molar-refractivity contribution in [2.24, 2.45) is 0 Å². The maximum atomic E-state index is 11.4. The molecule has 1 amide bonds. The Hall–Kier alpha value is -1.85. The van der Waals surface area contributed by atoms with Crippen molar-refractivity contribution in [2.45, 2.75) is 19.4 Å². The molecule has 3 N–H and O–H groups in total. The molecule has 0 radical (unpaired) electrons. The monoisotopic (exact) mass is 197 g/mol. The van der Waals surface area contributed by atoms with Crippen LogP contribution in [0.5, 0.6) is 0 Å². The summed E-state index contributed by atoms with van der Waals surface area (Å²) in [5.74, 6) is -1.56. The summed E-state index contributed by atoms with van der Waals surface area (Å²) in [5, 5.41) is 17.2. The van der Waals surface area contributed by atoms with Gasteiger partial charge in [-0.25, -0.2) is 4.79 Å². The second kappa shape index (κ2) is 3.49. The summed E-state index contributed by atoms with van der Waals surface area (Å²) in [7, 11) is 0. The highest BCUT2D eigenvalue weighted by atomic mass is 16.4. The molecule has 0 spiro atoms. The molecule has 6 nitrogen and oxygen atoms in total. The lowest BCUT2D eigenvalue weighted by molar-refractivity contribution is -0.143. The van der Waals surface area contributed by atoms with Crippen LogP contribution in [0.1, 0.15) is 24.2 Å². The van der Waals surface area contributed by atoms with Gasteiger partial charge in [0.25, 0.3) is 5.91 Å². The fourth-order valence-corrected chi connectivity index (χ4v) is 0.785. The molecule has 0 unspecified atom stereocenters. The van der Waals surface area contributed by atoms with Crippen LogP contribution in [0.4, 0.5) is 0 Å². The van der Waals surface area contributed by atoms with Crippen LogP contribution < -0.4 is 5.32 Å². The van der Waals surface area contributed by atoms with Crippen molar-refractivity contribution < 1.29 is 14.7 Å². The molecule has 0 fully saturated rings. The van der Waals surface area contributed by atoms with Gasteiger partial charge in [-0.3, -0.25) is 9.89 Å². The molecule has 1 rings (SSSR count). The predicted molar refractivity (Wildman–Crippen MR) is 47.8 cm³/mol. The van der Waals surface area contributed by atoms with Crippen molar-refractivity contribution in [1.82, 2.24) is 15.5 Å². The molecule has 14 heavy (non-hydrogen) atoms. The lowest BCUT2D eigenvalue weighted by atomic mass is 10.1. The molecule has 0 saturated heterocycles. The van der Waals surface area contributed by atoms with Crippen LogP contribution in [-0.4, -0.2) is 32.7 Å². The smallest absolute Gasteiger partial charge is 0.328 e. The first kappa shape index (κ1) is 10.2. The van der Waals surface area contributed by atoms with Crippen LogP contribution in [0, 0.1) is 0 Å². The Labute approximate surface area is 80.3 Å². The zero-order valence-corrected chi connectivity index (χ0v) is 7.87. The van der Waals surface area contributed by atoms with E-state index in [2.05, 4.69) is 15.5 Å². The molecular formula is C8H11N3O3. The van der Waals surface area contributed by atoms with Crippen molar-refractivity contribution in [3.63, 3.8) is 0 Å². The number of aromatic amines is 1. The van der Waals surface area contributed by atoms with Crippen LogP contribution in [0.15, 0.2) is 12.4 Å². The molecule has 0 aromatic carbocycles. The highest BCUT2D eigenvalue weighted by molar-refractivity contribution is 5.97. The van der Waals surface area contributed by atoms with Crippen molar-refractivity contribution in [2.75, 3.05) is 0 Å². The normalized spacial score (nSPS) is 11.0. The van der Waals surface area contributed by atoms with Crippen LogP contribution in [0.25, 0.3) is 0 Å². The van der Waals surface area contributed by atoms with Gasteiger partial charge in [0, 0.05) is 6.20 Å². The maximum Gasteiger partial charge on any atom is 0.328 e. The van der Waals surface area contributed by atoms with Gasteiger partial charge in [0.15, 0.2) is 0 Å². The predicted octanol–water partition coefficient (Wildman–Crippen LogP) is 0.00270. The number of carboxylic acid groups (broad SMARTS) is 1. The number of hydrogen-bond acceptors (Lipinski definition) is 3. The first-order valence-electron chi connectivity index (χ1n) is 3.98. The minimum Gasteiger partial charge on any atom is -0.480 e. The molecule has 0 saturated carbocycles. The zero-order chi connectivity index (χ0) is 10.8. The summed E-state index contributed by atoms with van der Waals surface area (Å²) in [5.41, 5.74) is -0.978. The summed E-state index contributed by atoms with van der Waals surface area (Å²) in [4.78, 5) is 22.1. The van der Waals surface area contributed by atoms with Gasteiger partial charge < -0.3 is 10.4 Å².